The van der Waals surface area contributed by atoms with E-state index in [1.165, 1.54) is 51.4 Å². The van der Waals surface area contributed by atoms with E-state index in [1.54, 1.807) is 55.2 Å². The van der Waals surface area contributed by atoms with Crippen molar-refractivity contribution < 1.29 is 14.4 Å². The van der Waals surface area contributed by atoms with Crippen LogP contribution in [-0.4, -0.2) is 55.0 Å². The molecule has 0 aromatic heterocycles. The van der Waals surface area contributed by atoms with Crippen LogP contribution >= 0.6 is 0 Å². The third-order valence-electron chi connectivity index (χ3n) is 5.95. The Morgan fingerprint density at radius 1 is 0.742 bits per heavy atom. The van der Waals surface area contributed by atoms with Crippen LogP contribution in [0.2, 0.25) is 0 Å². The van der Waals surface area contributed by atoms with Crippen LogP contribution < -0.4 is 0 Å². The van der Waals surface area contributed by atoms with Gasteiger partial charge in [0.2, 0.25) is 11.6 Å². The molecule has 1 aromatic rings. The third kappa shape index (κ3) is 6.52. The number of carbonyl (C=O) groups is 3. The minimum absolute atomic E-state index is 0.0109. The molecule has 5 heteroatoms. The Labute approximate surface area is 187 Å². The summed E-state index contributed by atoms with van der Waals surface area (Å²) in [6.45, 7) is 2.82. The highest BCUT2D eigenvalue weighted by Crippen LogP contribution is 2.28. The number of carbonyl (C=O) groups excluding carboxylic acids is 3. The Hall–Kier alpha value is -2.43. The minimum atomic E-state index is -0.368. The fourth-order valence-corrected chi connectivity index (χ4v) is 4.12. The number of unbranched alkanes of at least 4 members (excludes halogenated alkanes) is 9. The molecule has 0 saturated carbocycles. The van der Waals surface area contributed by atoms with Gasteiger partial charge in [-0.25, -0.2) is 0 Å². The largest absolute Gasteiger partial charge is 0.374 e. The topological polar surface area (TPSA) is 57.7 Å². The molecule has 1 aromatic carbocycles. The number of Topliss-reactive ketones (excluding diaryl/α,β-unsaturated/α-hetero) is 2. The number of allylic oxidation sites excluding steroid dienone is 1. The molecule has 31 heavy (non-hydrogen) atoms. The van der Waals surface area contributed by atoms with Crippen LogP contribution in [0.1, 0.15) is 91.8 Å². The van der Waals surface area contributed by atoms with Crippen molar-refractivity contribution in [3.05, 3.63) is 46.7 Å². The van der Waals surface area contributed by atoms with Crippen LogP contribution in [0.4, 0.5) is 0 Å². The summed E-state index contributed by atoms with van der Waals surface area (Å²) >= 11 is 0. The highest BCUT2D eigenvalue weighted by molar-refractivity contribution is 6.36. The zero-order valence-electron chi connectivity index (χ0n) is 19.7. The zero-order chi connectivity index (χ0) is 22.8. The predicted molar refractivity (Wildman–Crippen MR) is 125 cm³/mol. The van der Waals surface area contributed by atoms with Crippen molar-refractivity contribution in [1.82, 2.24) is 9.80 Å². The quantitative estimate of drug-likeness (QED) is 0.319. The first kappa shape index (κ1) is 24.8. The van der Waals surface area contributed by atoms with Crippen molar-refractivity contribution in [1.29, 1.82) is 0 Å². The Bertz CT molecular complexity index is 811. The van der Waals surface area contributed by atoms with Crippen molar-refractivity contribution in [2.24, 2.45) is 0 Å². The van der Waals surface area contributed by atoms with Gasteiger partial charge >= 0.3 is 0 Å². The number of hydrogen-bond acceptors (Lipinski definition) is 4. The van der Waals surface area contributed by atoms with Crippen LogP contribution in [0, 0.1) is 0 Å². The molecule has 0 saturated heterocycles. The van der Waals surface area contributed by atoms with E-state index in [4.69, 9.17) is 0 Å². The number of fused-ring (bicyclic) bond motifs is 1. The van der Waals surface area contributed by atoms with Crippen LogP contribution in [0.15, 0.2) is 35.5 Å². The van der Waals surface area contributed by atoms with Crippen LogP contribution in [0.25, 0.3) is 0 Å². The summed E-state index contributed by atoms with van der Waals surface area (Å²) in [6.07, 6.45) is 12.3. The number of ketones is 2. The maximum atomic E-state index is 13.1. The average molecular weight is 427 g/mol. The van der Waals surface area contributed by atoms with Crippen LogP contribution in [0.3, 0.4) is 0 Å². The van der Waals surface area contributed by atoms with E-state index in [2.05, 4.69) is 6.92 Å². The Balaban J connectivity index is 1.90. The van der Waals surface area contributed by atoms with Crippen molar-refractivity contribution >= 4 is 17.5 Å². The second-order valence-corrected chi connectivity index (χ2v) is 8.73. The van der Waals surface area contributed by atoms with Gasteiger partial charge in [0.15, 0.2) is 0 Å². The first-order valence-electron chi connectivity index (χ1n) is 11.8. The normalized spacial score (nSPS) is 13.4. The lowest BCUT2D eigenvalue weighted by molar-refractivity contribution is -0.125. The molecule has 1 amide bonds. The highest BCUT2D eigenvalue weighted by atomic mass is 16.2. The zero-order valence-corrected chi connectivity index (χ0v) is 19.7. The molecule has 0 heterocycles. The van der Waals surface area contributed by atoms with E-state index >= 15 is 0 Å². The number of hydrogen-bond donors (Lipinski definition) is 0. The lowest BCUT2D eigenvalue weighted by atomic mass is 9.86. The number of likely N-dealkylation sites (N-methyl/N-ethyl adjacent to an activating group) is 2. The minimum Gasteiger partial charge on any atom is -0.374 e. The van der Waals surface area contributed by atoms with Gasteiger partial charge in [0.05, 0.1) is 0 Å². The average Bonchev–Trinajstić information content (AvgIpc) is 2.76. The van der Waals surface area contributed by atoms with E-state index in [1.807, 2.05) is 0 Å². The molecule has 0 bridgehead atoms. The second-order valence-electron chi connectivity index (χ2n) is 8.73. The predicted octanol–water partition coefficient (Wildman–Crippen LogP) is 5.26. The summed E-state index contributed by atoms with van der Waals surface area (Å²) in [5.41, 5.74) is 0.853. The van der Waals surface area contributed by atoms with Crippen molar-refractivity contribution in [3.63, 3.8) is 0 Å². The smallest absolute Gasteiger partial charge is 0.259 e. The lowest BCUT2D eigenvalue weighted by Gasteiger charge is -2.27. The molecule has 0 fully saturated rings. The van der Waals surface area contributed by atoms with Gasteiger partial charge in [0, 0.05) is 38.8 Å². The summed E-state index contributed by atoms with van der Waals surface area (Å²) in [7, 11) is 5.11. The number of nitrogens with zero attached hydrogens (tertiary/aromatic N) is 2. The molecular weight excluding hydrogens is 388 g/mol. The number of amides is 1. The summed E-state index contributed by atoms with van der Waals surface area (Å²) in [5, 5.41) is 0. The van der Waals surface area contributed by atoms with E-state index in [0.29, 0.717) is 17.7 Å². The van der Waals surface area contributed by atoms with Gasteiger partial charge in [-0.2, -0.15) is 0 Å². The number of benzene rings is 1. The summed E-state index contributed by atoms with van der Waals surface area (Å²) < 4.78 is 0. The fourth-order valence-electron chi connectivity index (χ4n) is 4.12. The third-order valence-corrected chi connectivity index (χ3v) is 5.95. The maximum absolute atomic E-state index is 13.1. The van der Waals surface area contributed by atoms with Gasteiger partial charge in [-0.1, -0.05) is 89.0 Å². The van der Waals surface area contributed by atoms with Gasteiger partial charge in [-0.15, -0.1) is 0 Å². The monoisotopic (exact) mass is 426 g/mol. The molecule has 2 rings (SSSR count). The van der Waals surface area contributed by atoms with Gasteiger partial charge < -0.3 is 9.80 Å². The summed E-state index contributed by atoms with van der Waals surface area (Å²) in [6, 6.07) is 6.73. The fraction of sp³-hybridized carbons (Fsp3) is 0.577. The molecule has 0 N–H and O–H groups in total. The molecule has 170 valence electrons. The Morgan fingerprint density at radius 2 is 1.23 bits per heavy atom. The van der Waals surface area contributed by atoms with Gasteiger partial charge in [-0.3, -0.25) is 14.4 Å². The Morgan fingerprint density at radius 3 is 1.74 bits per heavy atom. The van der Waals surface area contributed by atoms with E-state index in [9.17, 15) is 14.4 Å². The molecule has 0 unspecified atom stereocenters. The van der Waals surface area contributed by atoms with E-state index in [-0.39, 0.29) is 28.7 Å². The SMILES string of the molecule is CCCCCCCCCCCCN(C)C(=O)C1=C(N(C)C)C(=O)c2ccccc2C1=O. The van der Waals surface area contributed by atoms with E-state index in [0.717, 1.165) is 12.8 Å². The summed E-state index contributed by atoms with van der Waals surface area (Å²) in [4.78, 5) is 42.3. The van der Waals surface area contributed by atoms with Gasteiger partial charge in [0.25, 0.3) is 5.91 Å². The van der Waals surface area contributed by atoms with Crippen molar-refractivity contribution in [2.75, 3.05) is 27.7 Å². The molecule has 0 atom stereocenters. The Kier molecular flexibility index (Phi) is 9.96. The van der Waals surface area contributed by atoms with Crippen LogP contribution in [0.5, 0.6) is 0 Å². The molecule has 0 radical (unpaired) electrons. The molecule has 0 aliphatic heterocycles. The molecule has 1 aliphatic rings. The van der Waals surface area contributed by atoms with Crippen LogP contribution in [-0.2, 0) is 4.79 Å². The molecular formula is C26H38N2O3. The standard InChI is InChI=1S/C26H38N2O3/c1-5-6-7-8-9-10-11-12-13-16-19-28(4)26(31)22-23(27(2)3)25(30)21-18-15-14-17-20(21)24(22)29/h14-15,17-18H,5-13,16,19H2,1-4H3. The van der Waals surface area contributed by atoms with Gasteiger partial charge in [-0.05, 0) is 6.42 Å². The maximum Gasteiger partial charge on any atom is 0.259 e. The van der Waals surface area contributed by atoms with E-state index < -0.39 is 0 Å². The summed E-state index contributed by atoms with van der Waals surface area (Å²) in [5.74, 6) is -0.998. The lowest BCUT2D eigenvalue weighted by Crippen LogP contribution is -2.39. The van der Waals surface area contributed by atoms with Crippen molar-refractivity contribution in [3.8, 4) is 0 Å². The molecule has 1 aliphatic carbocycles. The first-order chi connectivity index (χ1) is 14.9. The molecule has 0 spiro atoms. The molecule has 5 nitrogen and oxygen atoms in total. The van der Waals surface area contributed by atoms with Crippen molar-refractivity contribution in [2.45, 2.75) is 71.1 Å². The van der Waals surface area contributed by atoms with Gasteiger partial charge in [0.1, 0.15) is 11.3 Å². The number of rotatable bonds is 13. The highest BCUT2D eigenvalue weighted by Gasteiger charge is 2.37. The second kappa shape index (κ2) is 12.4. The first-order valence-corrected chi connectivity index (χ1v) is 11.8.